The third-order valence-corrected chi connectivity index (χ3v) is 4.72. The molecule has 0 fully saturated rings. The third kappa shape index (κ3) is 3.93. The van der Waals surface area contributed by atoms with Crippen molar-refractivity contribution in [2.75, 3.05) is 0 Å². The number of hydrogen-bond acceptors (Lipinski definition) is 3. The first-order valence-corrected chi connectivity index (χ1v) is 8.98. The Morgan fingerprint density at radius 2 is 1.79 bits per heavy atom. The molecule has 3 aromatic rings. The number of nitrogens with one attached hydrogen (secondary N) is 1. The molecule has 0 aliphatic rings. The molecular weight excluding hydrogens is 364 g/mol. The van der Waals surface area contributed by atoms with Crippen molar-refractivity contribution in [1.29, 1.82) is 0 Å². The van der Waals surface area contributed by atoms with Gasteiger partial charge in [-0.05, 0) is 44.5 Å². The Balaban J connectivity index is 2.12. The second-order valence-corrected chi connectivity index (χ2v) is 7.27. The maximum absolute atomic E-state index is 13.7. The van der Waals surface area contributed by atoms with Crippen LogP contribution in [0.2, 0.25) is 0 Å². The van der Waals surface area contributed by atoms with Crippen LogP contribution >= 0.6 is 0 Å². The van der Waals surface area contributed by atoms with Gasteiger partial charge in [0.05, 0.1) is 11.1 Å². The van der Waals surface area contributed by atoms with Gasteiger partial charge in [-0.25, -0.2) is 13.5 Å². The Kier molecular flexibility index (Phi) is 5.27. The van der Waals surface area contributed by atoms with E-state index in [0.717, 1.165) is 23.2 Å². The molecule has 0 radical (unpaired) electrons. The zero-order valence-corrected chi connectivity index (χ0v) is 15.9. The van der Waals surface area contributed by atoms with E-state index in [1.807, 2.05) is 20.8 Å². The van der Waals surface area contributed by atoms with Gasteiger partial charge in [0.15, 0.2) is 11.6 Å². The maximum atomic E-state index is 13.7. The molecule has 146 valence electrons. The largest absolute Gasteiger partial charge is 0.350 e. The molecule has 0 aliphatic heterocycles. The lowest BCUT2D eigenvalue weighted by Gasteiger charge is -2.24. The summed E-state index contributed by atoms with van der Waals surface area (Å²) in [6.45, 7) is 5.44. The van der Waals surface area contributed by atoms with E-state index in [1.165, 1.54) is 6.07 Å². The molecule has 0 saturated heterocycles. The fourth-order valence-corrected chi connectivity index (χ4v) is 2.84. The summed E-state index contributed by atoms with van der Waals surface area (Å²) in [4.78, 5) is 25.2. The molecule has 5 nitrogen and oxygen atoms in total. The lowest BCUT2D eigenvalue weighted by atomic mass is 10.0. The van der Waals surface area contributed by atoms with Gasteiger partial charge < -0.3 is 5.32 Å². The summed E-state index contributed by atoms with van der Waals surface area (Å²) in [5.41, 5.74) is -0.221. The van der Waals surface area contributed by atoms with Crippen molar-refractivity contribution in [2.45, 2.75) is 39.3 Å². The number of benzene rings is 2. The molecule has 1 N–H and O–H groups in total. The van der Waals surface area contributed by atoms with Crippen LogP contribution in [0.4, 0.5) is 8.78 Å². The lowest BCUT2D eigenvalue weighted by Crippen LogP contribution is -2.45. The Bertz CT molecular complexity index is 1110. The average molecular weight is 385 g/mol. The minimum atomic E-state index is -1.01. The molecule has 0 unspecified atom stereocenters. The summed E-state index contributed by atoms with van der Waals surface area (Å²) in [6.07, 6.45) is 0.721. The fraction of sp³-hybridized carbons (Fsp3) is 0.286. The smallest absolute Gasteiger partial charge is 0.275 e. The molecule has 1 aromatic heterocycles. The molecule has 2 aromatic carbocycles. The van der Waals surface area contributed by atoms with E-state index in [9.17, 15) is 18.4 Å². The summed E-state index contributed by atoms with van der Waals surface area (Å²) < 4.78 is 28.1. The minimum Gasteiger partial charge on any atom is -0.350 e. The van der Waals surface area contributed by atoms with E-state index >= 15 is 0 Å². The number of halogens is 2. The standard InChI is InChI=1S/C21H21F2N3O2/c1-4-21(2,3)24-18(27)12-26-20(28)15-8-6-5-7-14(15)19(25-26)13-9-10-16(22)17(23)11-13/h5-11H,4,12H2,1-3H3,(H,24,27). The number of nitrogens with zero attached hydrogens (tertiary/aromatic N) is 2. The van der Waals surface area contributed by atoms with Crippen LogP contribution in [0.25, 0.3) is 22.0 Å². The Labute approximate surface area is 161 Å². The topological polar surface area (TPSA) is 64.0 Å². The first-order chi connectivity index (χ1) is 13.2. The number of rotatable bonds is 5. The second-order valence-electron chi connectivity index (χ2n) is 7.27. The van der Waals surface area contributed by atoms with Crippen molar-refractivity contribution >= 4 is 16.7 Å². The van der Waals surface area contributed by atoms with Gasteiger partial charge in [0.2, 0.25) is 5.91 Å². The van der Waals surface area contributed by atoms with E-state index in [-0.39, 0.29) is 12.5 Å². The van der Waals surface area contributed by atoms with Gasteiger partial charge in [-0.2, -0.15) is 5.10 Å². The summed E-state index contributed by atoms with van der Waals surface area (Å²) in [6, 6.07) is 10.2. The fourth-order valence-electron chi connectivity index (χ4n) is 2.84. The average Bonchev–Trinajstić information content (AvgIpc) is 2.66. The first kappa shape index (κ1) is 19.7. The summed E-state index contributed by atoms with van der Waals surface area (Å²) in [7, 11) is 0. The predicted molar refractivity (Wildman–Crippen MR) is 104 cm³/mol. The van der Waals surface area contributed by atoms with Crippen LogP contribution in [-0.2, 0) is 11.3 Å². The number of fused-ring (bicyclic) bond motifs is 1. The van der Waals surface area contributed by atoms with Gasteiger partial charge in [-0.1, -0.05) is 25.1 Å². The highest BCUT2D eigenvalue weighted by molar-refractivity contribution is 5.93. The zero-order chi connectivity index (χ0) is 20.5. The van der Waals surface area contributed by atoms with Gasteiger partial charge in [0.25, 0.3) is 5.56 Å². The van der Waals surface area contributed by atoms with E-state index < -0.39 is 22.7 Å². The number of amides is 1. The molecule has 7 heteroatoms. The Morgan fingerprint density at radius 3 is 2.43 bits per heavy atom. The van der Waals surface area contributed by atoms with E-state index in [4.69, 9.17) is 0 Å². The number of carbonyl (C=O) groups is 1. The normalized spacial score (nSPS) is 11.6. The van der Waals surface area contributed by atoms with E-state index in [2.05, 4.69) is 10.4 Å². The van der Waals surface area contributed by atoms with Crippen LogP contribution in [0.15, 0.2) is 47.3 Å². The highest BCUT2D eigenvalue weighted by Gasteiger charge is 2.20. The van der Waals surface area contributed by atoms with Gasteiger partial charge >= 0.3 is 0 Å². The number of aromatic nitrogens is 2. The van der Waals surface area contributed by atoms with Crippen LogP contribution in [0.3, 0.4) is 0 Å². The molecule has 0 atom stereocenters. The molecule has 1 heterocycles. The van der Waals surface area contributed by atoms with Crippen LogP contribution in [-0.4, -0.2) is 21.2 Å². The second kappa shape index (κ2) is 7.50. The van der Waals surface area contributed by atoms with Gasteiger partial charge in [0, 0.05) is 16.5 Å². The molecule has 0 bridgehead atoms. The van der Waals surface area contributed by atoms with Gasteiger partial charge in [0.1, 0.15) is 6.54 Å². The predicted octanol–water partition coefficient (Wildman–Crippen LogP) is 3.65. The van der Waals surface area contributed by atoms with Crippen LogP contribution < -0.4 is 10.9 Å². The van der Waals surface area contributed by atoms with Crippen LogP contribution in [0.5, 0.6) is 0 Å². The summed E-state index contributed by atoms with van der Waals surface area (Å²) >= 11 is 0. The Morgan fingerprint density at radius 1 is 1.11 bits per heavy atom. The molecule has 1 amide bonds. The summed E-state index contributed by atoms with van der Waals surface area (Å²) in [5, 5.41) is 8.00. The zero-order valence-electron chi connectivity index (χ0n) is 15.9. The number of carbonyl (C=O) groups excluding carboxylic acids is 1. The number of hydrogen-bond donors (Lipinski definition) is 1. The van der Waals surface area contributed by atoms with Crippen molar-refractivity contribution in [3.05, 3.63) is 64.5 Å². The first-order valence-electron chi connectivity index (χ1n) is 8.98. The SMILES string of the molecule is CCC(C)(C)NC(=O)Cn1nc(-c2ccc(F)c(F)c2)c2ccccc2c1=O. The summed E-state index contributed by atoms with van der Waals surface area (Å²) in [5.74, 6) is -2.33. The highest BCUT2D eigenvalue weighted by Crippen LogP contribution is 2.26. The molecule has 0 saturated carbocycles. The highest BCUT2D eigenvalue weighted by atomic mass is 19.2. The maximum Gasteiger partial charge on any atom is 0.275 e. The van der Waals surface area contributed by atoms with Crippen molar-refractivity contribution in [3.8, 4) is 11.3 Å². The van der Waals surface area contributed by atoms with E-state index in [0.29, 0.717) is 22.0 Å². The van der Waals surface area contributed by atoms with Crippen LogP contribution in [0, 0.1) is 11.6 Å². The van der Waals surface area contributed by atoms with E-state index in [1.54, 1.807) is 24.3 Å². The molecular formula is C21H21F2N3O2. The van der Waals surface area contributed by atoms with Crippen molar-refractivity contribution in [2.24, 2.45) is 0 Å². The van der Waals surface area contributed by atoms with Gasteiger partial charge in [-0.15, -0.1) is 0 Å². The molecule has 0 aliphatic carbocycles. The van der Waals surface area contributed by atoms with Gasteiger partial charge in [-0.3, -0.25) is 9.59 Å². The Hall–Kier alpha value is -3.09. The monoisotopic (exact) mass is 385 g/mol. The molecule has 3 rings (SSSR count). The van der Waals surface area contributed by atoms with Crippen molar-refractivity contribution in [3.63, 3.8) is 0 Å². The minimum absolute atomic E-state index is 0.274. The quantitative estimate of drug-likeness (QED) is 0.729. The van der Waals surface area contributed by atoms with Crippen LogP contribution in [0.1, 0.15) is 27.2 Å². The lowest BCUT2D eigenvalue weighted by molar-refractivity contribution is -0.123. The van der Waals surface area contributed by atoms with Crippen molar-refractivity contribution < 1.29 is 13.6 Å². The molecule has 0 spiro atoms. The third-order valence-electron chi connectivity index (χ3n) is 4.72. The molecule has 28 heavy (non-hydrogen) atoms. The van der Waals surface area contributed by atoms with Crippen molar-refractivity contribution in [1.82, 2.24) is 15.1 Å².